The van der Waals surface area contributed by atoms with E-state index in [2.05, 4.69) is 5.32 Å². The molecule has 0 atom stereocenters. The minimum atomic E-state index is -3.69. The van der Waals surface area contributed by atoms with Crippen LogP contribution in [0.4, 0.5) is 5.69 Å². The number of amides is 1. The van der Waals surface area contributed by atoms with Crippen molar-refractivity contribution in [2.24, 2.45) is 0 Å². The van der Waals surface area contributed by atoms with E-state index in [1.165, 1.54) is 32.3 Å². The fourth-order valence-corrected chi connectivity index (χ4v) is 3.28. The molecule has 0 aliphatic carbocycles. The Morgan fingerprint density at radius 3 is 2.48 bits per heavy atom. The van der Waals surface area contributed by atoms with Gasteiger partial charge in [0.2, 0.25) is 10.0 Å². The summed E-state index contributed by atoms with van der Waals surface area (Å²) in [6, 6.07) is 10.7. The summed E-state index contributed by atoms with van der Waals surface area (Å²) < 4.78 is 30.5. The van der Waals surface area contributed by atoms with E-state index in [1.54, 1.807) is 31.2 Å². The maximum atomic E-state index is 12.3. The zero-order valence-electron chi connectivity index (χ0n) is 15.0. The van der Waals surface area contributed by atoms with E-state index in [-0.39, 0.29) is 10.5 Å². The zero-order valence-corrected chi connectivity index (χ0v) is 16.6. The summed E-state index contributed by atoms with van der Waals surface area (Å²) in [5.74, 6) is -1.33. The predicted molar refractivity (Wildman–Crippen MR) is 102 cm³/mol. The van der Waals surface area contributed by atoms with E-state index in [0.29, 0.717) is 16.3 Å². The lowest BCUT2D eigenvalue weighted by molar-refractivity contribution is -0.119. The number of benzene rings is 2. The number of esters is 1. The molecular formula is C18H19ClN2O5S. The molecule has 0 saturated carbocycles. The topological polar surface area (TPSA) is 92.8 Å². The first-order chi connectivity index (χ1) is 12.6. The predicted octanol–water partition coefficient (Wildman–Crippen LogP) is 2.69. The Morgan fingerprint density at radius 1 is 1.15 bits per heavy atom. The van der Waals surface area contributed by atoms with Gasteiger partial charge in [-0.2, -0.15) is 0 Å². The molecule has 1 N–H and O–H groups in total. The number of aryl methyl sites for hydroxylation is 1. The molecule has 0 unspecified atom stereocenters. The summed E-state index contributed by atoms with van der Waals surface area (Å²) in [5, 5.41) is 3.01. The van der Waals surface area contributed by atoms with Crippen molar-refractivity contribution >= 4 is 39.2 Å². The molecule has 0 fully saturated rings. The summed E-state index contributed by atoms with van der Waals surface area (Å²) in [6.45, 7) is 1.13. The molecule has 7 nitrogen and oxygen atoms in total. The molecule has 0 spiro atoms. The monoisotopic (exact) mass is 410 g/mol. The lowest BCUT2D eigenvalue weighted by atomic mass is 10.1. The smallest absolute Gasteiger partial charge is 0.338 e. The minimum Gasteiger partial charge on any atom is -0.452 e. The van der Waals surface area contributed by atoms with Crippen LogP contribution in [0.25, 0.3) is 0 Å². The summed E-state index contributed by atoms with van der Waals surface area (Å²) in [7, 11) is -0.900. The van der Waals surface area contributed by atoms with E-state index in [4.69, 9.17) is 16.3 Å². The molecule has 27 heavy (non-hydrogen) atoms. The molecule has 9 heteroatoms. The van der Waals surface area contributed by atoms with Crippen LogP contribution in [0.5, 0.6) is 0 Å². The SMILES string of the molecule is Cc1ccc(S(=O)(=O)N(C)C)cc1C(=O)OCC(=O)Nc1cccc(Cl)c1. The number of carbonyl (C=O) groups excluding carboxylic acids is 2. The van der Waals surface area contributed by atoms with Gasteiger partial charge in [-0.25, -0.2) is 17.5 Å². The highest BCUT2D eigenvalue weighted by Crippen LogP contribution is 2.19. The van der Waals surface area contributed by atoms with Crippen molar-refractivity contribution in [1.82, 2.24) is 4.31 Å². The molecule has 2 rings (SSSR count). The van der Waals surface area contributed by atoms with E-state index < -0.39 is 28.5 Å². The molecule has 0 radical (unpaired) electrons. The molecule has 0 aliphatic heterocycles. The van der Waals surface area contributed by atoms with Crippen LogP contribution in [0, 0.1) is 6.92 Å². The van der Waals surface area contributed by atoms with Crippen molar-refractivity contribution in [3.05, 3.63) is 58.6 Å². The van der Waals surface area contributed by atoms with Crippen molar-refractivity contribution in [1.29, 1.82) is 0 Å². The summed E-state index contributed by atoms with van der Waals surface area (Å²) in [5.41, 5.74) is 1.08. The van der Waals surface area contributed by atoms with Gasteiger partial charge in [-0.1, -0.05) is 23.7 Å². The fraction of sp³-hybridized carbons (Fsp3) is 0.222. The maximum absolute atomic E-state index is 12.3. The highest BCUT2D eigenvalue weighted by molar-refractivity contribution is 7.89. The van der Waals surface area contributed by atoms with Crippen molar-refractivity contribution in [3.63, 3.8) is 0 Å². The Kier molecular flexibility index (Phi) is 6.59. The van der Waals surface area contributed by atoms with Crippen molar-refractivity contribution < 1.29 is 22.7 Å². The largest absolute Gasteiger partial charge is 0.452 e. The van der Waals surface area contributed by atoms with Crippen molar-refractivity contribution in [3.8, 4) is 0 Å². The molecular weight excluding hydrogens is 392 g/mol. The molecule has 1 amide bonds. The first-order valence-corrected chi connectivity index (χ1v) is 9.69. The van der Waals surface area contributed by atoms with Crippen molar-refractivity contribution in [2.75, 3.05) is 26.0 Å². The Hall–Kier alpha value is -2.42. The van der Waals surface area contributed by atoms with E-state index >= 15 is 0 Å². The average molecular weight is 411 g/mol. The molecule has 0 saturated heterocycles. The van der Waals surface area contributed by atoms with Gasteiger partial charge in [0.1, 0.15) is 0 Å². The molecule has 2 aromatic rings. The third-order valence-electron chi connectivity index (χ3n) is 3.65. The van der Waals surface area contributed by atoms with Gasteiger partial charge in [0.15, 0.2) is 6.61 Å². The zero-order chi connectivity index (χ0) is 20.2. The number of nitrogens with one attached hydrogen (secondary N) is 1. The second kappa shape index (κ2) is 8.51. The fourth-order valence-electron chi connectivity index (χ4n) is 2.16. The van der Waals surface area contributed by atoms with Crippen LogP contribution in [-0.4, -0.2) is 45.3 Å². The first kappa shape index (κ1) is 20.9. The summed E-state index contributed by atoms with van der Waals surface area (Å²) in [6.07, 6.45) is 0. The second-order valence-electron chi connectivity index (χ2n) is 5.90. The third-order valence-corrected chi connectivity index (χ3v) is 5.70. The number of anilines is 1. The van der Waals surface area contributed by atoms with Gasteiger partial charge in [-0.3, -0.25) is 4.79 Å². The molecule has 0 aliphatic rings. The standard InChI is InChI=1S/C18H19ClN2O5S/c1-12-7-8-15(27(24,25)21(2)3)10-16(12)18(23)26-11-17(22)20-14-6-4-5-13(19)9-14/h4-10H,11H2,1-3H3,(H,20,22). The molecule has 144 valence electrons. The van der Waals surface area contributed by atoms with Crippen LogP contribution < -0.4 is 5.32 Å². The van der Waals surface area contributed by atoms with Crippen LogP contribution in [0.2, 0.25) is 5.02 Å². The van der Waals surface area contributed by atoms with Gasteiger partial charge < -0.3 is 10.1 Å². The Morgan fingerprint density at radius 2 is 1.85 bits per heavy atom. The summed E-state index contributed by atoms with van der Waals surface area (Å²) in [4.78, 5) is 24.2. The quantitative estimate of drug-likeness (QED) is 0.739. The van der Waals surface area contributed by atoms with E-state index in [1.807, 2.05) is 0 Å². The lowest BCUT2D eigenvalue weighted by Crippen LogP contribution is -2.23. The van der Waals surface area contributed by atoms with Gasteiger partial charge in [0, 0.05) is 24.8 Å². The number of sulfonamides is 1. The number of carbonyl (C=O) groups is 2. The van der Waals surface area contributed by atoms with E-state index in [9.17, 15) is 18.0 Å². The Bertz CT molecular complexity index is 973. The van der Waals surface area contributed by atoms with Gasteiger partial charge in [0.05, 0.1) is 10.5 Å². The number of halogens is 1. The molecule has 0 heterocycles. The van der Waals surface area contributed by atoms with Crippen LogP contribution in [0.3, 0.4) is 0 Å². The first-order valence-electron chi connectivity index (χ1n) is 7.87. The number of nitrogens with zero attached hydrogens (tertiary/aromatic N) is 1. The van der Waals surface area contributed by atoms with Crippen LogP contribution >= 0.6 is 11.6 Å². The highest BCUT2D eigenvalue weighted by Gasteiger charge is 2.21. The number of hydrogen-bond donors (Lipinski definition) is 1. The highest BCUT2D eigenvalue weighted by atomic mass is 35.5. The summed E-state index contributed by atoms with van der Waals surface area (Å²) >= 11 is 5.84. The second-order valence-corrected chi connectivity index (χ2v) is 8.49. The van der Waals surface area contributed by atoms with Gasteiger partial charge >= 0.3 is 5.97 Å². The lowest BCUT2D eigenvalue weighted by Gasteiger charge is -2.13. The number of rotatable bonds is 6. The van der Waals surface area contributed by atoms with Gasteiger partial charge in [0.25, 0.3) is 5.91 Å². The van der Waals surface area contributed by atoms with Gasteiger partial charge in [-0.05, 0) is 42.8 Å². The number of hydrogen-bond acceptors (Lipinski definition) is 5. The van der Waals surface area contributed by atoms with Gasteiger partial charge in [-0.15, -0.1) is 0 Å². The molecule has 0 bridgehead atoms. The van der Waals surface area contributed by atoms with Crippen molar-refractivity contribution in [2.45, 2.75) is 11.8 Å². The minimum absolute atomic E-state index is 0.0339. The normalized spacial score (nSPS) is 11.3. The average Bonchev–Trinajstić information content (AvgIpc) is 2.59. The molecule has 2 aromatic carbocycles. The maximum Gasteiger partial charge on any atom is 0.338 e. The van der Waals surface area contributed by atoms with Crippen LogP contribution in [0.1, 0.15) is 15.9 Å². The van der Waals surface area contributed by atoms with Crippen LogP contribution in [-0.2, 0) is 19.6 Å². The van der Waals surface area contributed by atoms with Crippen LogP contribution in [0.15, 0.2) is 47.4 Å². The third kappa shape index (κ3) is 5.29. The molecule has 0 aromatic heterocycles. The Balaban J connectivity index is 2.08. The number of ether oxygens (including phenoxy) is 1. The Labute approximate surface area is 162 Å². The van der Waals surface area contributed by atoms with E-state index in [0.717, 1.165) is 4.31 Å².